The van der Waals surface area contributed by atoms with Gasteiger partial charge in [0, 0.05) is 18.7 Å². The summed E-state index contributed by atoms with van der Waals surface area (Å²) in [5, 5.41) is 4.05. The highest BCUT2D eigenvalue weighted by Gasteiger charge is 2.26. The van der Waals surface area contributed by atoms with Crippen LogP contribution < -0.4 is 0 Å². The van der Waals surface area contributed by atoms with E-state index >= 15 is 0 Å². The van der Waals surface area contributed by atoms with E-state index in [0.717, 1.165) is 38.9 Å². The molecular weight excluding hydrogens is 329 g/mol. The van der Waals surface area contributed by atoms with Crippen LogP contribution in [0.2, 0.25) is 0 Å². The minimum absolute atomic E-state index is 0.245. The van der Waals surface area contributed by atoms with Gasteiger partial charge in [-0.1, -0.05) is 47.6 Å². The van der Waals surface area contributed by atoms with Crippen LogP contribution in [0.15, 0.2) is 59.1 Å². The second-order valence-corrected chi connectivity index (χ2v) is 6.84. The predicted octanol–water partition coefficient (Wildman–Crippen LogP) is 4.30. The average molecular weight is 351 g/mol. The molecule has 26 heavy (non-hydrogen) atoms. The molecule has 134 valence electrons. The second-order valence-electron chi connectivity index (χ2n) is 6.84. The first kappa shape index (κ1) is 16.9. The van der Waals surface area contributed by atoms with Crippen molar-refractivity contribution in [2.45, 2.75) is 25.2 Å². The molecule has 0 amide bonds. The molecule has 1 unspecified atom stereocenters. The fourth-order valence-electron chi connectivity index (χ4n) is 3.54. The standard InChI is InChI=1S/C21H22FN3O/c22-19-10-4-8-17(14-19)20-23-21(26-24-20)18-9-5-12-25(15-18)13-11-16-6-2-1-3-7-16/h1-4,6-8,10,14,18H,5,9,11-13,15H2. The number of nitrogens with zero attached hydrogens (tertiary/aromatic N) is 3. The van der Waals surface area contributed by atoms with E-state index in [-0.39, 0.29) is 11.7 Å². The third-order valence-corrected chi connectivity index (χ3v) is 4.94. The van der Waals surface area contributed by atoms with Crippen LogP contribution in [-0.4, -0.2) is 34.7 Å². The lowest BCUT2D eigenvalue weighted by molar-refractivity contribution is 0.189. The number of aromatic nitrogens is 2. The highest BCUT2D eigenvalue weighted by Crippen LogP contribution is 2.27. The summed E-state index contributed by atoms with van der Waals surface area (Å²) in [6.45, 7) is 3.07. The predicted molar refractivity (Wildman–Crippen MR) is 98.3 cm³/mol. The van der Waals surface area contributed by atoms with Crippen LogP contribution in [0.5, 0.6) is 0 Å². The summed E-state index contributed by atoms with van der Waals surface area (Å²) in [6.07, 6.45) is 3.22. The Kier molecular flexibility index (Phi) is 5.07. The highest BCUT2D eigenvalue weighted by atomic mass is 19.1. The van der Waals surface area contributed by atoms with Gasteiger partial charge in [-0.2, -0.15) is 4.98 Å². The van der Waals surface area contributed by atoms with Crippen LogP contribution in [0.25, 0.3) is 11.4 Å². The van der Waals surface area contributed by atoms with E-state index in [0.29, 0.717) is 17.3 Å². The lowest BCUT2D eigenvalue weighted by atomic mass is 9.97. The van der Waals surface area contributed by atoms with Gasteiger partial charge in [-0.15, -0.1) is 0 Å². The fourth-order valence-corrected chi connectivity index (χ4v) is 3.54. The van der Waals surface area contributed by atoms with Crippen LogP contribution in [0.4, 0.5) is 4.39 Å². The van der Waals surface area contributed by atoms with Gasteiger partial charge in [0.15, 0.2) is 0 Å². The summed E-state index contributed by atoms with van der Waals surface area (Å²) in [5.41, 5.74) is 2.01. The van der Waals surface area contributed by atoms with Gasteiger partial charge in [0.2, 0.25) is 11.7 Å². The van der Waals surface area contributed by atoms with E-state index in [9.17, 15) is 4.39 Å². The molecule has 2 heterocycles. The lowest BCUT2D eigenvalue weighted by Gasteiger charge is -2.30. The summed E-state index contributed by atoms with van der Waals surface area (Å²) in [4.78, 5) is 6.99. The van der Waals surface area contributed by atoms with Crippen molar-refractivity contribution in [2.75, 3.05) is 19.6 Å². The van der Waals surface area contributed by atoms with Crippen molar-refractivity contribution in [3.8, 4) is 11.4 Å². The molecule has 1 saturated heterocycles. The first-order valence-corrected chi connectivity index (χ1v) is 9.14. The number of hydrogen-bond acceptors (Lipinski definition) is 4. The van der Waals surface area contributed by atoms with Crippen molar-refractivity contribution in [3.63, 3.8) is 0 Å². The molecule has 0 radical (unpaired) electrons. The van der Waals surface area contributed by atoms with E-state index in [1.165, 1.54) is 17.7 Å². The Morgan fingerprint density at radius 3 is 2.85 bits per heavy atom. The minimum Gasteiger partial charge on any atom is -0.339 e. The first-order valence-electron chi connectivity index (χ1n) is 9.14. The number of hydrogen-bond donors (Lipinski definition) is 0. The number of rotatable bonds is 5. The van der Waals surface area contributed by atoms with Gasteiger partial charge >= 0.3 is 0 Å². The van der Waals surface area contributed by atoms with E-state index in [2.05, 4.69) is 39.3 Å². The van der Waals surface area contributed by atoms with Crippen molar-refractivity contribution < 1.29 is 8.91 Å². The maximum Gasteiger partial charge on any atom is 0.231 e. The number of halogens is 1. The van der Waals surface area contributed by atoms with Crippen molar-refractivity contribution in [1.29, 1.82) is 0 Å². The van der Waals surface area contributed by atoms with Crippen LogP contribution >= 0.6 is 0 Å². The van der Waals surface area contributed by atoms with Crippen LogP contribution in [-0.2, 0) is 6.42 Å². The Morgan fingerprint density at radius 1 is 1.12 bits per heavy atom. The zero-order valence-electron chi connectivity index (χ0n) is 14.6. The molecular formula is C21H22FN3O. The van der Waals surface area contributed by atoms with Crippen molar-refractivity contribution >= 4 is 0 Å². The molecule has 1 aliphatic rings. The molecule has 2 aromatic carbocycles. The van der Waals surface area contributed by atoms with E-state index in [4.69, 9.17) is 4.52 Å². The zero-order chi connectivity index (χ0) is 17.8. The Labute approximate surface area is 152 Å². The summed E-state index contributed by atoms with van der Waals surface area (Å²) < 4.78 is 18.9. The molecule has 0 bridgehead atoms. The Bertz CT molecular complexity index is 849. The van der Waals surface area contributed by atoms with Crippen LogP contribution in [0.1, 0.15) is 30.2 Å². The van der Waals surface area contributed by atoms with Gasteiger partial charge in [0.1, 0.15) is 5.82 Å². The van der Waals surface area contributed by atoms with Gasteiger partial charge in [-0.3, -0.25) is 0 Å². The van der Waals surface area contributed by atoms with Gasteiger partial charge in [-0.05, 0) is 43.5 Å². The summed E-state index contributed by atoms with van der Waals surface area (Å²) >= 11 is 0. The van der Waals surface area contributed by atoms with Gasteiger partial charge in [-0.25, -0.2) is 4.39 Å². The zero-order valence-corrected chi connectivity index (χ0v) is 14.6. The molecule has 5 heteroatoms. The van der Waals surface area contributed by atoms with E-state index < -0.39 is 0 Å². The number of benzene rings is 2. The SMILES string of the molecule is Fc1cccc(-c2noc(C3CCCN(CCc4ccccc4)C3)n2)c1. The summed E-state index contributed by atoms with van der Waals surface area (Å²) in [7, 11) is 0. The van der Waals surface area contributed by atoms with Gasteiger partial charge in [0.25, 0.3) is 0 Å². The van der Waals surface area contributed by atoms with Crippen molar-refractivity contribution in [2.24, 2.45) is 0 Å². The molecule has 0 aliphatic carbocycles. The molecule has 0 saturated carbocycles. The van der Waals surface area contributed by atoms with E-state index in [1.54, 1.807) is 12.1 Å². The van der Waals surface area contributed by atoms with Crippen molar-refractivity contribution in [3.05, 3.63) is 71.9 Å². The molecule has 4 nitrogen and oxygen atoms in total. The Hall–Kier alpha value is -2.53. The lowest BCUT2D eigenvalue weighted by Crippen LogP contribution is -2.35. The Morgan fingerprint density at radius 2 is 2.00 bits per heavy atom. The Balaban J connectivity index is 1.40. The minimum atomic E-state index is -0.293. The molecule has 1 fully saturated rings. The topological polar surface area (TPSA) is 42.2 Å². The quantitative estimate of drug-likeness (QED) is 0.687. The normalized spacial score (nSPS) is 18.1. The maximum absolute atomic E-state index is 13.4. The third kappa shape index (κ3) is 3.99. The fraction of sp³-hybridized carbons (Fsp3) is 0.333. The van der Waals surface area contributed by atoms with Crippen LogP contribution in [0, 0.1) is 5.82 Å². The highest BCUT2D eigenvalue weighted by molar-refractivity contribution is 5.53. The molecule has 1 atom stereocenters. The molecule has 1 aliphatic heterocycles. The van der Waals surface area contributed by atoms with E-state index in [1.807, 2.05) is 6.07 Å². The molecule has 0 N–H and O–H groups in total. The number of likely N-dealkylation sites (tertiary alicyclic amines) is 1. The van der Waals surface area contributed by atoms with Gasteiger partial charge < -0.3 is 9.42 Å². The third-order valence-electron chi connectivity index (χ3n) is 4.94. The summed E-state index contributed by atoms with van der Waals surface area (Å²) in [6, 6.07) is 16.9. The first-order chi connectivity index (χ1) is 12.8. The van der Waals surface area contributed by atoms with Crippen LogP contribution in [0.3, 0.4) is 0 Å². The number of piperidine rings is 1. The maximum atomic E-state index is 13.4. The summed E-state index contributed by atoms with van der Waals surface area (Å²) in [5.74, 6) is 1.07. The smallest absolute Gasteiger partial charge is 0.231 e. The molecule has 4 rings (SSSR count). The molecule has 3 aromatic rings. The monoisotopic (exact) mass is 351 g/mol. The molecule has 1 aromatic heterocycles. The van der Waals surface area contributed by atoms with Gasteiger partial charge in [0.05, 0.1) is 5.92 Å². The second kappa shape index (κ2) is 7.79. The average Bonchev–Trinajstić information content (AvgIpc) is 3.18. The molecule has 0 spiro atoms. The van der Waals surface area contributed by atoms with Crippen molar-refractivity contribution in [1.82, 2.24) is 15.0 Å². The largest absolute Gasteiger partial charge is 0.339 e.